The van der Waals surface area contributed by atoms with E-state index in [-0.39, 0.29) is 10.9 Å². The number of nitrogens with one attached hydrogen (secondary N) is 1. The van der Waals surface area contributed by atoms with Gasteiger partial charge in [-0.1, -0.05) is 37.3 Å². The Morgan fingerprint density at radius 2 is 1.96 bits per heavy atom. The highest BCUT2D eigenvalue weighted by Gasteiger charge is 2.15. The Balaban J connectivity index is 1.73. The number of fused-ring (bicyclic) bond motifs is 1. The van der Waals surface area contributed by atoms with Crippen LogP contribution in [0.4, 0.5) is 0 Å². The van der Waals surface area contributed by atoms with Crippen LogP contribution in [-0.4, -0.2) is 8.42 Å². The topological polar surface area (TPSA) is 81.4 Å². The monoisotopic (exact) mass is 346 g/mol. The standard InChI is InChI=1S/C18H22N2O3S/c1-2-18(14-4-3-5-17(9-14)24(19,21)22)20-10-13-6-7-15-11-23-12-16(15)8-13/h3-9,18,20H,2,10-12H2,1H3,(H2,19,21,22)/t18-/m0/s1. The minimum absolute atomic E-state index is 0.0659. The minimum Gasteiger partial charge on any atom is -0.372 e. The van der Waals surface area contributed by atoms with Gasteiger partial charge >= 0.3 is 0 Å². The molecule has 5 nitrogen and oxygen atoms in total. The number of primary sulfonamides is 1. The molecule has 0 saturated heterocycles. The zero-order chi connectivity index (χ0) is 17.2. The van der Waals surface area contributed by atoms with E-state index >= 15 is 0 Å². The van der Waals surface area contributed by atoms with Crippen molar-refractivity contribution < 1.29 is 13.2 Å². The quantitative estimate of drug-likeness (QED) is 0.842. The van der Waals surface area contributed by atoms with Crippen LogP contribution < -0.4 is 10.5 Å². The second-order valence-electron chi connectivity index (χ2n) is 6.06. The fraction of sp³-hybridized carbons (Fsp3) is 0.333. The van der Waals surface area contributed by atoms with Gasteiger partial charge in [0.05, 0.1) is 18.1 Å². The highest BCUT2D eigenvalue weighted by Crippen LogP contribution is 2.23. The Kier molecular flexibility index (Phi) is 5.01. The van der Waals surface area contributed by atoms with Crippen molar-refractivity contribution in [1.82, 2.24) is 5.32 Å². The Bertz CT molecular complexity index is 834. The summed E-state index contributed by atoms with van der Waals surface area (Å²) in [5, 5.41) is 8.72. The molecule has 0 unspecified atom stereocenters. The largest absolute Gasteiger partial charge is 0.372 e. The number of ether oxygens (including phenoxy) is 1. The smallest absolute Gasteiger partial charge is 0.238 e. The molecule has 6 heteroatoms. The molecule has 24 heavy (non-hydrogen) atoms. The van der Waals surface area contributed by atoms with E-state index < -0.39 is 10.0 Å². The third-order valence-corrected chi connectivity index (χ3v) is 5.25. The Morgan fingerprint density at radius 3 is 2.71 bits per heavy atom. The second kappa shape index (κ2) is 7.03. The van der Waals surface area contributed by atoms with Gasteiger partial charge in [0, 0.05) is 12.6 Å². The van der Waals surface area contributed by atoms with Crippen molar-refractivity contribution >= 4 is 10.0 Å². The molecule has 0 bridgehead atoms. The van der Waals surface area contributed by atoms with Crippen molar-refractivity contribution in [2.75, 3.05) is 0 Å². The van der Waals surface area contributed by atoms with E-state index in [2.05, 4.69) is 30.4 Å². The van der Waals surface area contributed by atoms with E-state index in [4.69, 9.17) is 9.88 Å². The summed E-state index contributed by atoms with van der Waals surface area (Å²) >= 11 is 0. The molecule has 2 aromatic rings. The van der Waals surface area contributed by atoms with Crippen LogP contribution in [-0.2, 0) is 34.5 Å². The van der Waals surface area contributed by atoms with E-state index in [0.29, 0.717) is 19.8 Å². The summed E-state index contributed by atoms with van der Waals surface area (Å²) in [5.74, 6) is 0. The molecule has 2 aromatic carbocycles. The molecule has 0 aromatic heterocycles. The third-order valence-electron chi connectivity index (χ3n) is 4.34. The van der Waals surface area contributed by atoms with Gasteiger partial charge in [0.25, 0.3) is 0 Å². The lowest BCUT2D eigenvalue weighted by atomic mass is 10.0. The summed E-state index contributed by atoms with van der Waals surface area (Å²) < 4.78 is 28.5. The van der Waals surface area contributed by atoms with Crippen LogP contribution in [0.15, 0.2) is 47.4 Å². The molecule has 0 radical (unpaired) electrons. The molecular formula is C18H22N2O3S. The van der Waals surface area contributed by atoms with Crippen molar-refractivity contribution in [1.29, 1.82) is 0 Å². The van der Waals surface area contributed by atoms with Crippen molar-refractivity contribution in [3.8, 4) is 0 Å². The van der Waals surface area contributed by atoms with Gasteiger partial charge in [0.2, 0.25) is 10.0 Å². The van der Waals surface area contributed by atoms with Crippen LogP contribution in [0.3, 0.4) is 0 Å². The molecule has 0 amide bonds. The van der Waals surface area contributed by atoms with Crippen LogP contribution in [0.5, 0.6) is 0 Å². The molecule has 1 heterocycles. The number of benzene rings is 2. The molecule has 0 fully saturated rings. The van der Waals surface area contributed by atoms with Crippen LogP contribution >= 0.6 is 0 Å². The first-order chi connectivity index (χ1) is 11.5. The Hall–Kier alpha value is -1.73. The van der Waals surface area contributed by atoms with Gasteiger partial charge in [-0.3, -0.25) is 0 Å². The second-order valence-corrected chi connectivity index (χ2v) is 7.62. The molecule has 1 atom stereocenters. The summed E-state index contributed by atoms with van der Waals surface area (Å²) in [6.07, 6.45) is 0.849. The first-order valence-corrected chi connectivity index (χ1v) is 9.56. The van der Waals surface area contributed by atoms with E-state index in [1.165, 1.54) is 22.8 Å². The molecule has 1 aliphatic heterocycles. The van der Waals surface area contributed by atoms with E-state index in [1.807, 2.05) is 6.07 Å². The van der Waals surface area contributed by atoms with Gasteiger partial charge in [-0.2, -0.15) is 0 Å². The van der Waals surface area contributed by atoms with Gasteiger partial charge in [-0.15, -0.1) is 0 Å². The van der Waals surface area contributed by atoms with Gasteiger partial charge in [0.1, 0.15) is 0 Å². The maximum absolute atomic E-state index is 11.5. The molecule has 0 saturated carbocycles. The summed E-state index contributed by atoms with van der Waals surface area (Å²) in [4.78, 5) is 0.148. The van der Waals surface area contributed by atoms with Crippen LogP contribution in [0.1, 0.15) is 41.6 Å². The average Bonchev–Trinajstić information content (AvgIpc) is 3.02. The molecular weight excluding hydrogens is 324 g/mol. The van der Waals surface area contributed by atoms with Crippen LogP contribution in [0.2, 0.25) is 0 Å². The van der Waals surface area contributed by atoms with Crippen molar-refractivity contribution in [2.24, 2.45) is 5.14 Å². The van der Waals surface area contributed by atoms with E-state index in [1.54, 1.807) is 12.1 Å². The molecule has 1 aliphatic rings. The predicted molar refractivity (Wildman–Crippen MR) is 92.6 cm³/mol. The lowest BCUT2D eigenvalue weighted by molar-refractivity contribution is 0.134. The Labute approximate surface area is 142 Å². The lowest BCUT2D eigenvalue weighted by Crippen LogP contribution is -2.21. The van der Waals surface area contributed by atoms with Crippen molar-refractivity contribution in [2.45, 2.75) is 44.0 Å². The summed E-state index contributed by atoms with van der Waals surface area (Å²) in [6.45, 7) is 4.15. The van der Waals surface area contributed by atoms with Gasteiger partial charge < -0.3 is 10.1 Å². The molecule has 3 N–H and O–H groups in total. The maximum atomic E-state index is 11.5. The summed E-state index contributed by atoms with van der Waals surface area (Å²) in [6, 6.07) is 13.3. The first kappa shape index (κ1) is 17.1. The number of rotatable bonds is 6. The predicted octanol–water partition coefficient (Wildman–Crippen LogP) is 2.61. The van der Waals surface area contributed by atoms with E-state index in [9.17, 15) is 8.42 Å². The van der Waals surface area contributed by atoms with Crippen LogP contribution in [0, 0.1) is 0 Å². The summed E-state index contributed by atoms with van der Waals surface area (Å²) in [7, 11) is -3.68. The normalized spacial score (nSPS) is 15.2. The van der Waals surface area contributed by atoms with Gasteiger partial charge in [0.15, 0.2) is 0 Å². The summed E-state index contributed by atoms with van der Waals surface area (Å²) in [5.41, 5.74) is 4.62. The number of nitrogens with two attached hydrogens (primary N) is 1. The average molecular weight is 346 g/mol. The number of hydrogen-bond donors (Lipinski definition) is 2. The van der Waals surface area contributed by atoms with Gasteiger partial charge in [-0.25, -0.2) is 13.6 Å². The van der Waals surface area contributed by atoms with Crippen molar-refractivity contribution in [3.63, 3.8) is 0 Å². The number of hydrogen-bond acceptors (Lipinski definition) is 4. The number of sulfonamides is 1. The molecule has 0 spiro atoms. The Morgan fingerprint density at radius 1 is 1.17 bits per heavy atom. The fourth-order valence-electron chi connectivity index (χ4n) is 2.98. The zero-order valence-electron chi connectivity index (χ0n) is 13.7. The fourth-order valence-corrected chi connectivity index (χ4v) is 3.55. The zero-order valence-corrected chi connectivity index (χ0v) is 14.5. The SMILES string of the molecule is CC[C@H](NCc1ccc2c(c1)COC2)c1cccc(S(N)(=O)=O)c1. The highest BCUT2D eigenvalue weighted by molar-refractivity contribution is 7.89. The lowest BCUT2D eigenvalue weighted by Gasteiger charge is -2.18. The molecule has 128 valence electrons. The maximum Gasteiger partial charge on any atom is 0.238 e. The van der Waals surface area contributed by atoms with Crippen LogP contribution in [0.25, 0.3) is 0 Å². The first-order valence-electron chi connectivity index (χ1n) is 8.02. The van der Waals surface area contributed by atoms with E-state index in [0.717, 1.165) is 12.0 Å². The van der Waals surface area contributed by atoms with Crippen molar-refractivity contribution in [3.05, 3.63) is 64.7 Å². The van der Waals surface area contributed by atoms with Gasteiger partial charge in [-0.05, 0) is 40.8 Å². The third kappa shape index (κ3) is 3.84. The minimum atomic E-state index is -3.68. The highest BCUT2D eigenvalue weighted by atomic mass is 32.2. The molecule has 0 aliphatic carbocycles. The molecule has 3 rings (SSSR count).